The molecule has 4 heteroatoms. The van der Waals surface area contributed by atoms with Crippen molar-refractivity contribution in [2.24, 2.45) is 0 Å². The predicted octanol–water partition coefficient (Wildman–Crippen LogP) is 4.78. The molecule has 4 nitrogen and oxygen atoms in total. The largest absolute Gasteiger partial charge is 0.460 e. The minimum absolute atomic E-state index is 0.154. The second-order valence-electron chi connectivity index (χ2n) is 6.14. The molecule has 0 heterocycles. The quantitative estimate of drug-likeness (QED) is 0.177. The Morgan fingerprint density at radius 3 is 1.65 bits per heavy atom. The zero-order valence-corrected chi connectivity index (χ0v) is 15.0. The molecule has 0 aliphatic rings. The number of esters is 1. The lowest BCUT2D eigenvalue weighted by molar-refractivity contribution is -0.154. The number of carbonyl (C=O) groups excluding carboxylic acids is 3. The van der Waals surface area contributed by atoms with Crippen molar-refractivity contribution >= 4 is 17.5 Å². The van der Waals surface area contributed by atoms with Gasteiger partial charge in [-0.2, -0.15) is 0 Å². The van der Waals surface area contributed by atoms with E-state index in [1.54, 1.807) is 6.92 Å². The van der Waals surface area contributed by atoms with Crippen molar-refractivity contribution < 1.29 is 19.1 Å². The van der Waals surface area contributed by atoms with Crippen LogP contribution in [0, 0.1) is 0 Å². The van der Waals surface area contributed by atoms with Gasteiger partial charge in [-0.05, 0) is 13.3 Å². The lowest BCUT2D eigenvalue weighted by atomic mass is 10.0. The van der Waals surface area contributed by atoms with E-state index >= 15 is 0 Å². The Bertz CT molecular complexity index is 336. The molecule has 0 spiro atoms. The molecule has 134 valence electrons. The first-order valence-corrected chi connectivity index (χ1v) is 9.33. The van der Waals surface area contributed by atoms with Crippen LogP contribution in [-0.4, -0.2) is 24.1 Å². The topological polar surface area (TPSA) is 60.4 Å². The molecule has 0 saturated carbocycles. The predicted molar refractivity (Wildman–Crippen MR) is 92.3 cm³/mol. The zero-order valence-electron chi connectivity index (χ0n) is 15.0. The molecule has 0 bridgehead atoms. The summed E-state index contributed by atoms with van der Waals surface area (Å²) < 4.78 is 4.58. The van der Waals surface area contributed by atoms with Crippen LogP contribution < -0.4 is 0 Å². The molecule has 0 unspecified atom stereocenters. The normalized spacial score (nSPS) is 10.5. The molecule has 0 saturated heterocycles. The maximum absolute atomic E-state index is 11.6. The smallest absolute Gasteiger partial charge is 0.375 e. The van der Waals surface area contributed by atoms with Crippen LogP contribution in [0.2, 0.25) is 0 Å². The first-order chi connectivity index (χ1) is 11.1. The Morgan fingerprint density at radius 2 is 1.17 bits per heavy atom. The highest BCUT2D eigenvalue weighted by atomic mass is 16.5. The fourth-order valence-electron chi connectivity index (χ4n) is 2.54. The fraction of sp³-hybridized carbons (Fsp3) is 0.842. The Balaban J connectivity index is 3.39. The Morgan fingerprint density at radius 1 is 0.696 bits per heavy atom. The molecule has 0 aliphatic heterocycles. The third-order valence-corrected chi connectivity index (χ3v) is 3.92. The van der Waals surface area contributed by atoms with E-state index in [0.29, 0.717) is 6.42 Å². The number of Topliss-reactive ketones (excluding diaryl/α,β-unsaturated/α-hetero) is 2. The van der Waals surface area contributed by atoms with Gasteiger partial charge in [0, 0.05) is 6.42 Å². The van der Waals surface area contributed by atoms with Gasteiger partial charge in [-0.15, -0.1) is 0 Å². The molecule has 0 aromatic rings. The third-order valence-electron chi connectivity index (χ3n) is 3.92. The van der Waals surface area contributed by atoms with Gasteiger partial charge in [0.05, 0.1) is 13.0 Å². The van der Waals surface area contributed by atoms with Crippen molar-refractivity contribution in [1.29, 1.82) is 0 Å². The Kier molecular flexibility index (Phi) is 14.9. The van der Waals surface area contributed by atoms with Crippen molar-refractivity contribution in [2.75, 3.05) is 6.61 Å². The second kappa shape index (κ2) is 15.7. The molecular weight excluding hydrogens is 292 g/mol. The number of carbonyl (C=O) groups is 3. The van der Waals surface area contributed by atoms with Crippen molar-refractivity contribution in [1.82, 2.24) is 0 Å². The first kappa shape index (κ1) is 21.8. The fourth-order valence-corrected chi connectivity index (χ4v) is 2.54. The summed E-state index contributed by atoms with van der Waals surface area (Å²) in [6.45, 7) is 4.03. The number of unbranched alkanes of at least 4 members (excludes halogenated alkanes) is 10. The molecule has 0 N–H and O–H groups in total. The molecule has 0 aromatic heterocycles. The van der Waals surface area contributed by atoms with Gasteiger partial charge in [0.1, 0.15) is 5.78 Å². The molecule has 0 amide bonds. The van der Waals surface area contributed by atoms with E-state index in [0.717, 1.165) is 19.3 Å². The maximum atomic E-state index is 11.6. The number of rotatable bonds is 16. The summed E-state index contributed by atoms with van der Waals surface area (Å²) in [4.78, 5) is 34.1. The van der Waals surface area contributed by atoms with Crippen LogP contribution in [-0.2, 0) is 19.1 Å². The number of hydrogen-bond donors (Lipinski definition) is 0. The monoisotopic (exact) mass is 326 g/mol. The molecule has 0 atom stereocenters. The van der Waals surface area contributed by atoms with Crippen LogP contribution in [0.5, 0.6) is 0 Å². The highest BCUT2D eigenvalue weighted by Crippen LogP contribution is 2.12. The summed E-state index contributed by atoms with van der Waals surface area (Å²) >= 11 is 0. The Hall–Kier alpha value is -1.19. The molecule has 0 aromatic carbocycles. The average molecular weight is 326 g/mol. The van der Waals surface area contributed by atoms with E-state index in [1.807, 2.05) is 0 Å². The van der Waals surface area contributed by atoms with E-state index in [2.05, 4.69) is 11.7 Å². The third kappa shape index (κ3) is 14.2. The summed E-state index contributed by atoms with van der Waals surface area (Å²) in [6, 6.07) is 0. The highest BCUT2D eigenvalue weighted by molar-refractivity contribution is 6.37. The maximum Gasteiger partial charge on any atom is 0.375 e. The van der Waals surface area contributed by atoms with E-state index in [1.165, 1.54) is 51.4 Å². The van der Waals surface area contributed by atoms with Crippen molar-refractivity contribution in [3.05, 3.63) is 0 Å². The van der Waals surface area contributed by atoms with E-state index < -0.39 is 11.8 Å². The molecular formula is C19H34O4. The van der Waals surface area contributed by atoms with Gasteiger partial charge >= 0.3 is 5.97 Å². The summed E-state index contributed by atoms with van der Waals surface area (Å²) in [5.74, 6) is -1.77. The molecule has 23 heavy (non-hydrogen) atoms. The number of ketones is 2. The summed E-state index contributed by atoms with van der Waals surface area (Å²) in [5.41, 5.74) is 0. The average Bonchev–Trinajstić information content (AvgIpc) is 2.52. The lowest BCUT2D eigenvalue weighted by Gasteiger charge is -2.03. The van der Waals surface area contributed by atoms with Crippen LogP contribution in [0.3, 0.4) is 0 Å². The SMILES string of the molecule is CCCCCCCCCCCCCC(=O)CC(=O)C(=O)OCC. The van der Waals surface area contributed by atoms with Gasteiger partial charge in [0.25, 0.3) is 0 Å². The Labute approximate surface area is 141 Å². The van der Waals surface area contributed by atoms with Crippen LogP contribution in [0.25, 0.3) is 0 Å². The zero-order chi connectivity index (χ0) is 17.3. The summed E-state index contributed by atoms with van der Waals surface area (Å²) in [7, 11) is 0. The summed E-state index contributed by atoms with van der Waals surface area (Å²) in [6.07, 6.45) is 13.6. The standard InChI is InChI=1S/C19H34O4/c1-3-5-6-7-8-9-10-11-12-13-14-15-17(20)16-18(21)19(22)23-4-2/h3-16H2,1-2H3. The highest BCUT2D eigenvalue weighted by Gasteiger charge is 2.18. The van der Waals surface area contributed by atoms with Gasteiger partial charge in [-0.1, -0.05) is 71.1 Å². The lowest BCUT2D eigenvalue weighted by Crippen LogP contribution is -2.20. The van der Waals surface area contributed by atoms with Crippen molar-refractivity contribution in [2.45, 2.75) is 97.3 Å². The molecule has 0 fully saturated rings. The van der Waals surface area contributed by atoms with Gasteiger partial charge < -0.3 is 4.74 Å². The number of hydrogen-bond acceptors (Lipinski definition) is 4. The van der Waals surface area contributed by atoms with Crippen LogP contribution >= 0.6 is 0 Å². The van der Waals surface area contributed by atoms with Crippen molar-refractivity contribution in [3.63, 3.8) is 0 Å². The number of ether oxygens (including phenoxy) is 1. The first-order valence-electron chi connectivity index (χ1n) is 9.33. The van der Waals surface area contributed by atoms with Crippen molar-refractivity contribution in [3.8, 4) is 0 Å². The van der Waals surface area contributed by atoms with Crippen LogP contribution in [0.4, 0.5) is 0 Å². The van der Waals surface area contributed by atoms with E-state index in [9.17, 15) is 14.4 Å². The molecule has 0 aliphatic carbocycles. The minimum Gasteiger partial charge on any atom is -0.460 e. The van der Waals surface area contributed by atoms with Gasteiger partial charge in [-0.25, -0.2) is 4.79 Å². The molecule has 0 radical (unpaired) electrons. The van der Waals surface area contributed by atoms with Crippen LogP contribution in [0.1, 0.15) is 97.3 Å². The minimum atomic E-state index is -0.889. The van der Waals surface area contributed by atoms with Gasteiger partial charge in [0.15, 0.2) is 0 Å². The molecule has 0 rings (SSSR count). The van der Waals surface area contributed by atoms with E-state index in [-0.39, 0.29) is 18.8 Å². The van der Waals surface area contributed by atoms with E-state index in [4.69, 9.17) is 0 Å². The summed E-state index contributed by atoms with van der Waals surface area (Å²) in [5, 5.41) is 0. The van der Waals surface area contributed by atoms with Crippen LogP contribution in [0.15, 0.2) is 0 Å². The second-order valence-corrected chi connectivity index (χ2v) is 6.14. The van der Waals surface area contributed by atoms with Gasteiger partial charge in [0.2, 0.25) is 5.78 Å². The van der Waals surface area contributed by atoms with Gasteiger partial charge in [-0.3, -0.25) is 9.59 Å².